The summed E-state index contributed by atoms with van der Waals surface area (Å²) in [5.41, 5.74) is 4.87. The fourth-order valence-corrected chi connectivity index (χ4v) is 2.14. The Morgan fingerprint density at radius 2 is 1.86 bits per heavy atom. The summed E-state index contributed by atoms with van der Waals surface area (Å²) in [6.07, 6.45) is 1.74. The van der Waals surface area contributed by atoms with Gasteiger partial charge in [-0.25, -0.2) is 0 Å². The molecule has 0 amide bonds. The van der Waals surface area contributed by atoms with Crippen LogP contribution in [0.2, 0.25) is 0 Å². The highest BCUT2D eigenvalue weighted by molar-refractivity contribution is 5.99. The van der Waals surface area contributed by atoms with Crippen LogP contribution in [0, 0.1) is 0 Å². The molecule has 5 heteroatoms. The second-order valence-electron chi connectivity index (χ2n) is 4.82. The van der Waals surface area contributed by atoms with Gasteiger partial charge in [-0.2, -0.15) is 10.2 Å². The summed E-state index contributed by atoms with van der Waals surface area (Å²) in [5, 5.41) is 14.5. The molecular weight excluding hydrogens is 276 g/mol. The van der Waals surface area contributed by atoms with Crippen molar-refractivity contribution in [1.29, 1.82) is 0 Å². The SMILES string of the molecule is COc1ccc(/C(C)=N/Nc2nncc3ccccc23)cc1. The highest BCUT2D eigenvalue weighted by Gasteiger charge is 2.03. The van der Waals surface area contributed by atoms with Crippen LogP contribution in [0.1, 0.15) is 12.5 Å². The molecule has 0 atom stereocenters. The zero-order chi connectivity index (χ0) is 15.4. The van der Waals surface area contributed by atoms with E-state index in [1.54, 1.807) is 13.3 Å². The Balaban J connectivity index is 1.85. The molecule has 0 fully saturated rings. The second kappa shape index (κ2) is 6.22. The predicted molar refractivity (Wildman–Crippen MR) is 88.4 cm³/mol. The number of methoxy groups -OCH3 is 1. The molecule has 110 valence electrons. The van der Waals surface area contributed by atoms with E-state index in [0.717, 1.165) is 27.8 Å². The molecule has 0 bridgehead atoms. The molecule has 0 aliphatic rings. The molecule has 1 heterocycles. The van der Waals surface area contributed by atoms with Gasteiger partial charge in [0.15, 0.2) is 5.82 Å². The van der Waals surface area contributed by atoms with Crippen molar-refractivity contribution < 1.29 is 4.74 Å². The van der Waals surface area contributed by atoms with Crippen molar-refractivity contribution in [3.63, 3.8) is 0 Å². The molecular formula is C17H16N4O. The topological polar surface area (TPSA) is 59.4 Å². The summed E-state index contributed by atoms with van der Waals surface area (Å²) >= 11 is 0. The van der Waals surface area contributed by atoms with Gasteiger partial charge in [-0.15, -0.1) is 5.10 Å². The minimum absolute atomic E-state index is 0.644. The van der Waals surface area contributed by atoms with Crippen LogP contribution in [-0.4, -0.2) is 23.0 Å². The Hall–Kier alpha value is -2.95. The maximum absolute atomic E-state index is 5.15. The fraction of sp³-hybridized carbons (Fsp3) is 0.118. The number of fused-ring (bicyclic) bond motifs is 1. The lowest BCUT2D eigenvalue weighted by molar-refractivity contribution is 0.415. The summed E-state index contributed by atoms with van der Waals surface area (Å²) in [4.78, 5) is 0. The van der Waals surface area contributed by atoms with Crippen molar-refractivity contribution in [2.75, 3.05) is 12.5 Å². The quantitative estimate of drug-likeness (QED) is 0.591. The summed E-state index contributed by atoms with van der Waals surface area (Å²) in [6, 6.07) is 15.7. The van der Waals surface area contributed by atoms with Gasteiger partial charge in [-0.05, 0) is 36.8 Å². The van der Waals surface area contributed by atoms with E-state index in [-0.39, 0.29) is 0 Å². The Kier molecular flexibility index (Phi) is 3.96. The molecule has 0 aliphatic carbocycles. The van der Waals surface area contributed by atoms with Gasteiger partial charge in [-0.3, -0.25) is 5.43 Å². The maximum atomic E-state index is 5.15. The molecule has 0 saturated heterocycles. The lowest BCUT2D eigenvalue weighted by atomic mass is 10.1. The molecule has 5 nitrogen and oxygen atoms in total. The zero-order valence-electron chi connectivity index (χ0n) is 12.4. The predicted octanol–water partition coefficient (Wildman–Crippen LogP) is 3.47. The van der Waals surface area contributed by atoms with Crippen molar-refractivity contribution in [3.8, 4) is 5.75 Å². The van der Waals surface area contributed by atoms with Crippen LogP contribution in [0.4, 0.5) is 5.82 Å². The number of nitrogens with one attached hydrogen (secondary N) is 1. The van der Waals surface area contributed by atoms with Crippen LogP contribution in [0.5, 0.6) is 5.75 Å². The zero-order valence-corrected chi connectivity index (χ0v) is 12.4. The molecule has 1 N–H and O–H groups in total. The Morgan fingerprint density at radius 1 is 1.09 bits per heavy atom. The first-order valence-corrected chi connectivity index (χ1v) is 6.93. The molecule has 0 radical (unpaired) electrons. The minimum Gasteiger partial charge on any atom is -0.497 e. The monoisotopic (exact) mass is 292 g/mol. The molecule has 0 unspecified atom stereocenters. The number of hydrogen-bond donors (Lipinski definition) is 1. The second-order valence-corrected chi connectivity index (χ2v) is 4.82. The molecule has 0 spiro atoms. The third-order valence-corrected chi connectivity index (χ3v) is 3.41. The van der Waals surface area contributed by atoms with Crippen LogP contribution in [0.15, 0.2) is 59.8 Å². The van der Waals surface area contributed by atoms with Crippen LogP contribution >= 0.6 is 0 Å². The number of nitrogens with zero attached hydrogens (tertiary/aromatic N) is 3. The van der Waals surface area contributed by atoms with E-state index in [1.165, 1.54) is 0 Å². The van der Waals surface area contributed by atoms with E-state index < -0.39 is 0 Å². The van der Waals surface area contributed by atoms with E-state index in [2.05, 4.69) is 20.7 Å². The molecule has 0 aliphatic heterocycles. The van der Waals surface area contributed by atoms with Crippen molar-refractivity contribution in [1.82, 2.24) is 10.2 Å². The third kappa shape index (κ3) is 2.88. The largest absolute Gasteiger partial charge is 0.497 e. The maximum Gasteiger partial charge on any atom is 0.176 e. The van der Waals surface area contributed by atoms with E-state index in [0.29, 0.717) is 5.82 Å². The minimum atomic E-state index is 0.644. The Morgan fingerprint density at radius 3 is 2.64 bits per heavy atom. The van der Waals surface area contributed by atoms with Gasteiger partial charge < -0.3 is 4.74 Å². The number of ether oxygens (including phenoxy) is 1. The summed E-state index contributed by atoms with van der Waals surface area (Å²) < 4.78 is 5.15. The normalized spacial score (nSPS) is 11.5. The molecule has 3 aromatic rings. The van der Waals surface area contributed by atoms with Crippen LogP contribution in [-0.2, 0) is 0 Å². The van der Waals surface area contributed by atoms with Gasteiger partial charge in [0.1, 0.15) is 5.75 Å². The highest BCUT2D eigenvalue weighted by atomic mass is 16.5. The van der Waals surface area contributed by atoms with Gasteiger partial charge in [0.2, 0.25) is 0 Å². The fourth-order valence-electron chi connectivity index (χ4n) is 2.14. The van der Waals surface area contributed by atoms with Gasteiger partial charge in [0.05, 0.1) is 19.0 Å². The molecule has 22 heavy (non-hydrogen) atoms. The Labute approximate surface area is 128 Å². The van der Waals surface area contributed by atoms with E-state index in [1.807, 2.05) is 55.5 Å². The molecule has 0 saturated carbocycles. The standard InChI is InChI=1S/C17H16N4O/c1-12(13-7-9-15(22-2)10-8-13)19-21-17-16-6-4-3-5-14(16)11-18-20-17/h3-11H,1-2H3,(H,20,21)/b19-12+. The van der Waals surface area contributed by atoms with Gasteiger partial charge in [0.25, 0.3) is 0 Å². The highest BCUT2D eigenvalue weighted by Crippen LogP contribution is 2.19. The lowest BCUT2D eigenvalue weighted by Gasteiger charge is -2.06. The summed E-state index contributed by atoms with van der Waals surface area (Å²) in [6.45, 7) is 1.94. The van der Waals surface area contributed by atoms with Crippen molar-refractivity contribution >= 4 is 22.3 Å². The van der Waals surface area contributed by atoms with Gasteiger partial charge in [-0.1, -0.05) is 24.3 Å². The van der Waals surface area contributed by atoms with Crippen molar-refractivity contribution in [2.24, 2.45) is 5.10 Å². The van der Waals surface area contributed by atoms with Crippen molar-refractivity contribution in [2.45, 2.75) is 6.92 Å². The summed E-state index contributed by atoms with van der Waals surface area (Å²) in [7, 11) is 1.65. The first-order valence-electron chi connectivity index (χ1n) is 6.93. The van der Waals surface area contributed by atoms with E-state index in [4.69, 9.17) is 4.74 Å². The number of anilines is 1. The van der Waals surface area contributed by atoms with Crippen LogP contribution < -0.4 is 10.2 Å². The average Bonchev–Trinajstić information content (AvgIpc) is 2.59. The van der Waals surface area contributed by atoms with Gasteiger partial charge in [0, 0.05) is 10.8 Å². The van der Waals surface area contributed by atoms with Gasteiger partial charge >= 0.3 is 0 Å². The smallest absolute Gasteiger partial charge is 0.176 e. The van der Waals surface area contributed by atoms with E-state index in [9.17, 15) is 0 Å². The number of benzene rings is 2. The number of hydrazone groups is 1. The number of aromatic nitrogens is 2. The lowest BCUT2D eigenvalue weighted by Crippen LogP contribution is -2.02. The molecule has 2 aromatic carbocycles. The van der Waals surface area contributed by atoms with Crippen LogP contribution in [0.3, 0.4) is 0 Å². The first kappa shape index (κ1) is 14.0. The first-order chi connectivity index (χ1) is 10.8. The Bertz CT molecular complexity index is 807. The van der Waals surface area contributed by atoms with Crippen LogP contribution in [0.25, 0.3) is 10.8 Å². The number of hydrogen-bond acceptors (Lipinski definition) is 5. The third-order valence-electron chi connectivity index (χ3n) is 3.41. The summed E-state index contributed by atoms with van der Waals surface area (Å²) in [5.74, 6) is 1.47. The van der Waals surface area contributed by atoms with E-state index >= 15 is 0 Å². The molecule has 1 aromatic heterocycles. The molecule has 3 rings (SSSR count). The number of rotatable bonds is 4. The average molecular weight is 292 g/mol. The van der Waals surface area contributed by atoms with Crippen molar-refractivity contribution in [3.05, 3.63) is 60.3 Å².